The van der Waals surface area contributed by atoms with Gasteiger partial charge in [-0.25, -0.2) is 16.8 Å². The maximum Gasteiger partial charge on any atom is 0.261 e. The summed E-state index contributed by atoms with van der Waals surface area (Å²) in [6.45, 7) is 5.75. The molecule has 4 aromatic carbocycles. The Morgan fingerprint density at radius 2 is 1.13 bits per heavy atom. The molecule has 5 rings (SSSR count). The lowest BCUT2D eigenvalue weighted by atomic mass is 9.80. The number of halogens is 1. The molecule has 0 saturated heterocycles. The van der Waals surface area contributed by atoms with E-state index in [4.69, 9.17) is 16.2 Å². The van der Waals surface area contributed by atoms with Crippen molar-refractivity contribution < 1.29 is 31.2 Å². The fourth-order valence-corrected chi connectivity index (χ4v) is 7.53. The van der Waals surface area contributed by atoms with E-state index < -0.39 is 31.6 Å². The quantitative estimate of drug-likeness (QED) is 0.102. The van der Waals surface area contributed by atoms with Gasteiger partial charge in [0, 0.05) is 10.5 Å². The number of anilines is 4. The normalized spacial score (nSPS) is 12.8. The Bertz CT molecular complexity index is 2120. The minimum Gasteiger partial charge on any atom is -0.491 e. The van der Waals surface area contributed by atoms with Crippen molar-refractivity contribution in [3.63, 3.8) is 0 Å². The molecule has 1 aliphatic rings. The van der Waals surface area contributed by atoms with Crippen LogP contribution in [0, 0.1) is 13.8 Å². The summed E-state index contributed by atoms with van der Waals surface area (Å²) < 4.78 is 64.6. The average molecular weight is 728 g/mol. The molecular weight excluding hydrogens is 696 g/mol. The van der Waals surface area contributed by atoms with Gasteiger partial charge in [0.15, 0.2) is 11.6 Å². The van der Waals surface area contributed by atoms with Gasteiger partial charge in [-0.05, 0) is 66.5 Å². The number of aryl methyl sites for hydroxylation is 2. The van der Waals surface area contributed by atoms with Crippen LogP contribution in [-0.4, -0.2) is 35.0 Å². The summed E-state index contributed by atoms with van der Waals surface area (Å²) in [5.41, 5.74) is 12.3. The number of sulfonamides is 2. The van der Waals surface area contributed by atoms with Crippen molar-refractivity contribution in [2.24, 2.45) is 0 Å². The SMILES string of the molecule is CCCCOc1cc(NS(=O)(=O)c2ccc(C)cc2)c2c(c1N)C(=O)c1c(NS(=O)(=O)c3ccc(C)cc3)cc(Br)c(N)c1C2=O. The second-order valence-electron chi connectivity index (χ2n) is 10.9. The van der Waals surface area contributed by atoms with Gasteiger partial charge in [0.1, 0.15) is 5.75 Å². The van der Waals surface area contributed by atoms with E-state index in [0.717, 1.165) is 17.5 Å². The van der Waals surface area contributed by atoms with Crippen LogP contribution in [0.2, 0.25) is 0 Å². The molecule has 4 aromatic rings. The molecule has 0 heterocycles. The summed E-state index contributed by atoms with van der Waals surface area (Å²) in [5, 5.41) is 0. The van der Waals surface area contributed by atoms with Crippen molar-refractivity contribution in [1.82, 2.24) is 0 Å². The number of unbranched alkanes of at least 4 members (excludes halogenated alkanes) is 1. The highest BCUT2D eigenvalue weighted by Crippen LogP contribution is 2.46. The third kappa shape index (κ3) is 6.07. The zero-order valence-electron chi connectivity index (χ0n) is 25.1. The van der Waals surface area contributed by atoms with E-state index in [1.54, 1.807) is 38.1 Å². The smallest absolute Gasteiger partial charge is 0.261 e. The molecule has 46 heavy (non-hydrogen) atoms. The highest BCUT2D eigenvalue weighted by atomic mass is 79.9. The lowest BCUT2D eigenvalue weighted by molar-refractivity contribution is 0.0981. The highest BCUT2D eigenvalue weighted by Gasteiger charge is 2.40. The summed E-state index contributed by atoms with van der Waals surface area (Å²) in [4.78, 5) is 28.5. The molecule has 0 radical (unpaired) electrons. The molecule has 0 unspecified atom stereocenters. The number of benzene rings is 4. The van der Waals surface area contributed by atoms with E-state index in [1.165, 1.54) is 36.4 Å². The number of hydrogen-bond donors (Lipinski definition) is 4. The zero-order valence-corrected chi connectivity index (χ0v) is 28.3. The number of carbonyl (C=O) groups is 2. The van der Waals surface area contributed by atoms with Crippen LogP contribution in [0.3, 0.4) is 0 Å². The van der Waals surface area contributed by atoms with E-state index in [-0.39, 0.29) is 71.6 Å². The first kappa shape index (κ1) is 33.0. The Hall–Kier alpha value is -4.40. The molecule has 240 valence electrons. The Balaban J connectivity index is 1.71. The lowest BCUT2D eigenvalue weighted by Gasteiger charge is -2.27. The van der Waals surface area contributed by atoms with E-state index in [1.807, 2.05) is 6.92 Å². The number of hydrogen-bond acceptors (Lipinski definition) is 9. The molecule has 0 saturated carbocycles. The summed E-state index contributed by atoms with van der Waals surface area (Å²) in [6, 6.07) is 14.7. The van der Waals surface area contributed by atoms with Crippen LogP contribution in [0.4, 0.5) is 22.7 Å². The monoisotopic (exact) mass is 726 g/mol. The fourth-order valence-electron chi connectivity index (χ4n) is 4.98. The maximum atomic E-state index is 14.4. The molecule has 6 N–H and O–H groups in total. The van der Waals surface area contributed by atoms with E-state index in [0.29, 0.717) is 6.42 Å². The predicted octanol–water partition coefficient (Wildman–Crippen LogP) is 5.79. The van der Waals surface area contributed by atoms with Gasteiger partial charge in [-0.1, -0.05) is 48.7 Å². The van der Waals surface area contributed by atoms with Gasteiger partial charge in [-0.15, -0.1) is 0 Å². The third-order valence-electron chi connectivity index (χ3n) is 7.46. The van der Waals surface area contributed by atoms with Crippen LogP contribution in [0.15, 0.2) is 74.9 Å². The zero-order chi connectivity index (χ0) is 33.6. The van der Waals surface area contributed by atoms with Gasteiger partial charge in [-0.2, -0.15) is 0 Å². The van der Waals surface area contributed by atoms with Crippen LogP contribution in [0.1, 0.15) is 62.7 Å². The summed E-state index contributed by atoms with van der Waals surface area (Å²) in [6.07, 6.45) is 1.41. The van der Waals surface area contributed by atoms with Gasteiger partial charge in [0.05, 0.1) is 61.4 Å². The van der Waals surface area contributed by atoms with Crippen LogP contribution < -0.4 is 25.6 Å². The summed E-state index contributed by atoms with van der Waals surface area (Å²) >= 11 is 3.27. The van der Waals surface area contributed by atoms with E-state index >= 15 is 0 Å². The van der Waals surface area contributed by atoms with Crippen molar-refractivity contribution >= 4 is 70.3 Å². The minimum atomic E-state index is -4.26. The topological polar surface area (TPSA) is 188 Å². The standard InChI is InChI=1S/C32H31BrN4O7S2/c1-4-5-14-44-24-16-23(37-46(42,43)20-12-8-18(3)9-13-20)26-28(30(24)35)32(39)25-22(15-21(33)29(34)27(25)31(26)38)36-45(40,41)19-10-6-17(2)7-11-19/h6-13,15-16,36-37H,4-5,14,34-35H2,1-3H3. The van der Waals surface area contributed by atoms with Crippen molar-refractivity contribution in [2.75, 3.05) is 27.5 Å². The number of rotatable bonds is 10. The minimum absolute atomic E-state index is 0.0229. The average Bonchev–Trinajstić information content (AvgIpc) is 2.99. The second kappa shape index (κ2) is 12.4. The highest BCUT2D eigenvalue weighted by molar-refractivity contribution is 9.10. The van der Waals surface area contributed by atoms with Gasteiger partial charge in [-0.3, -0.25) is 19.0 Å². The molecule has 0 bridgehead atoms. The number of nitrogens with one attached hydrogen (secondary N) is 2. The van der Waals surface area contributed by atoms with Crippen LogP contribution in [0.25, 0.3) is 0 Å². The molecule has 0 aliphatic heterocycles. The molecule has 0 atom stereocenters. The molecule has 0 aromatic heterocycles. The van der Waals surface area contributed by atoms with Crippen LogP contribution in [-0.2, 0) is 20.0 Å². The van der Waals surface area contributed by atoms with Gasteiger partial charge in [0.2, 0.25) is 0 Å². The van der Waals surface area contributed by atoms with E-state index in [2.05, 4.69) is 25.4 Å². The number of ketones is 2. The van der Waals surface area contributed by atoms with Crippen LogP contribution >= 0.6 is 15.9 Å². The Morgan fingerprint density at radius 3 is 1.59 bits per heavy atom. The number of carbonyl (C=O) groups excluding carboxylic acids is 2. The van der Waals surface area contributed by atoms with Crippen LogP contribution in [0.5, 0.6) is 5.75 Å². The van der Waals surface area contributed by atoms with Crippen molar-refractivity contribution in [3.8, 4) is 5.75 Å². The van der Waals surface area contributed by atoms with Crippen molar-refractivity contribution in [2.45, 2.75) is 43.4 Å². The molecule has 1 aliphatic carbocycles. The predicted molar refractivity (Wildman–Crippen MR) is 181 cm³/mol. The Kier molecular flexibility index (Phi) is 8.90. The maximum absolute atomic E-state index is 14.4. The first-order chi connectivity index (χ1) is 21.7. The number of fused-ring (bicyclic) bond motifs is 2. The lowest BCUT2D eigenvalue weighted by Crippen LogP contribution is -2.28. The first-order valence-electron chi connectivity index (χ1n) is 14.2. The van der Waals surface area contributed by atoms with Gasteiger partial charge < -0.3 is 16.2 Å². The van der Waals surface area contributed by atoms with Gasteiger partial charge in [0.25, 0.3) is 20.0 Å². The van der Waals surface area contributed by atoms with Gasteiger partial charge >= 0.3 is 0 Å². The Morgan fingerprint density at radius 1 is 0.696 bits per heavy atom. The fraction of sp³-hybridized carbons (Fsp3) is 0.188. The second-order valence-corrected chi connectivity index (χ2v) is 15.1. The molecule has 14 heteroatoms. The first-order valence-corrected chi connectivity index (χ1v) is 17.9. The largest absolute Gasteiger partial charge is 0.491 e. The Labute approximate surface area is 275 Å². The van der Waals surface area contributed by atoms with Crippen molar-refractivity contribution in [3.05, 3.63) is 98.5 Å². The molecule has 11 nitrogen and oxygen atoms in total. The molecule has 0 amide bonds. The van der Waals surface area contributed by atoms with E-state index in [9.17, 15) is 26.4 Å². The number of nitrogen functional groups attached to an aromatic ring is 2. The van der Waals surface area contributed by atoms with Crippen molar-refractivity contribution in [1.29, 1.82) is 0 Å². The summed E-state index contributed by atoms with van der Waals surface area (Å²) in [5.74, 6) is -1.71. The third-order valence-corrected chi connectivity index (χ3v) is 10.9. The molecule has 0 fully saturated rings. The number of ether oxygens (including phenoxy) is 1. The number of nitrogens with two attached hydrogens (primary N) is 2. The molecule has 0 spiro atoms. The molecular formula is C32H31BrN4O7S2. The summed E-state index contributed by atoms with van der Waals surface area (Å²) in [7, 11) is -8.50.